The van der Waals surface area contributed by atoms with Crippen LogP contribution in [0.4, 0.5) is 4.39 Å². The summed E-state index contributed by atoms with van der Waals surface area (Å²) < 4.78 is 13.5. The second-order valence-corrected chi connectivity index (χ2v) is 3.36. The van der Waals surface area contributed by atoms with Gasteiger partial charge < -0.3 is 5.11 Å². The third-order valence-electron chi connectivity index (χ3n) is 2.67. The van der Waals surface area contributed by atoms with Gasteiger partial charge in [-0.05, 0) is 18.8 Å². The maximum Gasteiger partial charge on any atom is 0.342 e. The summed E-state index contributed by atoms with van der Waals surface area (Å²) in [6, 6.07) is 0. The van der Waals surface area contributed by atoms with Gasteiger partial charge in [0.2, 0.25) is 5.67 Å². The van der Waals surface area contributed by atoms with Gasteiger partial charge in [-0.3, -0.25) is 0 Å². The summed E-state index contributed by atoms with van der Waals surface area (Å²) in [4.78, 5) is 10.5. The minimum absolute atomic E-state index is 0.168. The lowest BCUT2D eigenvalue weighted by atomic mass is 9.90. The second kappa shape index (κ2) is 1.84. The summed E-state index contributed by atoms with van der Waals surface area (Å²) in [5.41, 5.74) is -1.96. The van der Waals surface area contributed by atoms with Crippen molar-refractivity contribution in [3.8, 4) is 0 Å². The number of halogens is 1. The first-order chi connectivity index (χ1) is 5.13. The van der Waals surface area contributed by atoms with Crippen molar-refractivity contribution in [3.63, 3.8) is 0 Å². The van der Waals surface area contributed by atoms with Crippen LogP contribution in [-0.4, -0.2) is 16.7 Å². The van der Waals surface area contributed by atoms with E-state index in [-0.39, 0.29) is 18.3 Å². The minimum Gasteiger partial charge on any atom is -0.479 e. The van der Waals surface area contributed by atoms with Crippen LogP contribution in [0.1, 0.15) is 12.8 Å². The maximum atomic E-state index is 13.5. The van der Waals surface area contributed by atoms with Gasteiger partial charge in [0.25, 0.3) is 0 Å². The number of aliphatic carboxylic acids is 1. The molecule has 0 aliphatic heterocycles. The lowest BCUT2D eigenvalue weighted by Crippen LogP contribution is -2.37. The second-order valence-electron chi connectivity index (χ2n) is 3.36. The molecule has 0 spiro atoms. The summed E-state index contributed by atoms with van der Waals surface area (Å²) in [6.45, 7) is 0. The van der Waals surface area contributed by atoms with Crippen molar-refractivity contribution in [2.24, 2.45) is 11.8 Å². The van der Waals surface area contributed by atoms with Crippen molar-refractivity contribution in [1.82, 2.24) is 0 Å². The largest absolute Gasteiger partial charge is 0.479 e. The summed E-state index contributed by atoms with van der Waals surface area (Å²) >= 11 is 0. The van der Waals surface area contributed by atoms with Crippen LogP contribution in [0.3, 0.4) is 0 Å². The quantitative estimate of drug-likeness (QED) is 0.582. The van der Waals surface area contributed by atoms with Gasteiger partial charge >= 0.3 is 5.97 Å². The van der Waals surface area contributed by atoms with Crippen LogP contribution < -0.4 is 0 Å². The highest BCUT2D eigenvalue weighted by molar-refractivity contribution is 5.79. The van der Waals surface area contributed by atoms with Crippen LogP contribution in [0, 0.1) is 11.8 Å². The molecule has 3 atom stereocenters. The maximum absolute atomic E-state index is 13.5. The Morgan fingerprint density at radius 3 is 2.64 bits per heavy atom. The number of carboxylic acid groups (broad SMARTS) is 1. The van der Waals surface area contributed by atoms with Crippen LogP contribution in [0.5, 0.6) is 0 Å². The molecular weight excluding hydrogens is 147 g/mol. The molecule has 60 valence electrons. The summed E-state index contributed by atoms with van der Waals surface area (Å²) in [5.74, 6) is -1.50. The number of alkyl halides is 1. The molecule has 2 aliphatic rings. The van der Waals surface area contributed by atoms with E-state index in [1.165, 1.54) is 0 Å². The lowest BCUT2D eigenvalue weighted by molar-refractivity contribution is -0.152. The molecule has 3 heteroatoms. The Bertz CT molecular complexity index is 236. The third kappa shape index (κ3) is 0.737. The Labute approximate surface area is 63.7 Å². The van der Waals surface area contributed by atoms with Crippen molar-refractivity contribution in [2.75, 3.05) is 0 Å². The number of hydrogen-bond donors (Lipinski definition) is 1. The molecule has 0 heterocycles. The first-order valence-electron chi connectivity index (χ1n) is 3.73. The zero-order valence-corrected chi connectivity index (χ0v) is 5.96. The van der Waals surface area contributed by atoms with Crippen molar-refractivity contribution < 1.29 is 14.3 Å². The number of carboxylic acids is 1. The van der Waals surface area contributed by atoms with Crippen molar-refractivity contribution >= 4 is 5.97 Å². The molecule has 2 aliphatic carbocycles. The fourth-order valence-corrected chi connectivity index (χ4v) is 2.04. The standard InChI is InChI=1S/C8H9FO2/c9-8(7(10)11)4-5-1-2-6(8)3-5/h1-2,5-6H,3-4H2,(H,10,11). The molecular formula is C8H9FO2. The van der Waals surface area contributed by atoms with Crippen LogP contribution in [0.25, 0.3) is 0 Å². The molecule has 0 saturated heterocycles. The summed E-state index contributed by atoms with van der Waals surface area (Å²) in [6.07, 6.45) is 4.47. The number of carbonyl (C=O) groups is 1. The molecule has 11 heavy (non-hydrogen) atoms. The topological polar surface area (TPSA) is 37.3 Å². The minimum atomic E-state index is -1.96. The predicted molar refractivity (Wildman–Crippen MR) is 36.8 cm³/mol. The van der Waals surface area contributed by atoms with E-state index in [9.17, 15) is 9.18 Å². The van der Waals surface area contributed by atoms with Crippen molar-refractivity contribution in [3.05, 3.63) is 12.2 Å². The number of hydrogen-bond acceptors (Lipinski definition) is 1. The summed E-state index contributed by atoms with van der Waals surface area (Å²) in [7, 11) is 0. The number of rotatable bonds is 1. The third-order valence-corrected chi connectivity index (χ3v) is 2.67. The van der Waals surface area contributed by atoms with Gasteiger partial charge in [-0.25, -0.2) is 9.18 Å². The monoisotopic (exact) mass is 156 g/mol. The Morgan fingerprint density at radius 2 is 2.36 bits per heavy atom. The van der Waals surface area contributed by atoms with E-state index in [1.807, 2.05) is 6.08 Å². The molecule has 0 aromatic carbocycles. The van der Waals surface area contributed by atoms with E-state index >= 15 is 0 Å². The average molecular weight is 156 g/mol. The van der Waals surface area contributed by atoms with Crippen LogP contribution in [-0.2, 0) is 4.79 Å². The fraction of sp³-hybridized carbons (Fsp3) is 0.625. The van der Waals surface area contributed by atoms with Gasteiger partial charge in [-0.15, -0.1) is 0 Å². The number of fused-ring (bicyclic) bond motifs is 2. The highest BCUT2D eigenvalue weighted by Crippen LogP contribution is 2.48. The molecule has 0 amide bonds. The van der Waals surface area contributed by atoms with E-state index in [4.69, 9.17) is 5.11 Å². The van der Waals surface area contributed by atoms with Crippen LogP contribution >= 0.6 is 0 Å². The molecule has 0 aromatic rings. The van der Waals surface area contributed by atoms with E-state index in [1.54, 1.807) is 6.08 Å². The molecule has 0 radical (unpaired) electrons. The highest BCUT2D eigenvalue weighted by Gasteiger charge is 2.54. The molecule has 2 bridgehead atoms. The van der Waals surface area contributed by atoms with Gasteiger partial charge in [0.1, 0.15) is 0 Å². The Balaban J connectivity index is 2.30. The molecule has 3 unspecified atom stereocenters. The summed E-state index contributed by atoms with van der Waals surface area (Å²) in [5, 5.41) is 8.59. The normalized spacial score (nSPS) is 46.6. The van der Waals surface area contributed by atoms with Gasteiger partial charge in [-0.1, -0.05) is 12.2 Å². The average Bonchev–Trinajstić information content (AvgIpc) is 2.45. The molecule has 0 aromatic heterocycles. The van der Waals surface area contributed by atoms with Gasteiger partial charge in [-0.2, -0.15) is 0 Å². The predicted octanol–water partition coefficient (Wildman–Crippen LogP) is 1.38. The van der Waals surface area contributed by atoms with Gasteiger partial charge in [0.05, 0.1) is 0 Å². The fourth-order valence-electron chi connectivity index (χ4n) is 2.04. The van der Waals surface area contributed by atoms with E-state index in [2.05, 4.69) is 0 Å². The Morgan fingerprint density at radius 1 is 1.64 bits per heavy atom. The molecule has 1 saturated carbocycles. The molecule has 2 rings (SSSR count). The first-order valence-corrected chi connectivity index (χ1v) is 3.73. The van der Waals surface area contributed by atoms with E-state index in [0.29, 0.717) is 6.42 Å². The zero-order valence-electron chi connectivity index (χ0n) is 5.96. The Kier molecular flexibility index (Phi) is 1.14. The van der Waals surface area contributed by atoms with E-state index in [0.717, 1.165) is 0 Å². The van der Waals surface area contributed by atoms with Crippen LogP contribution in [0.15, 0.2) is 12.2 Å². The zero-order chi connectivity index (χ0) is 8.06. The highest BCUT2D eigenvalue weighted by atomic mass is 19.1. The van der Waals surface area contributed by atoms with Crippen molar-refractivity contribution in [2.45, 2.75) is 18.5 Å². The van der Waals surface area contributed by atoms with Crippen molar-refractivity contribution in [1.29, 1.82) is 0 Å². The molecule has 1 fully saturated rings. The SMILES string of the molecule is O=C(O)C1(F)CC2C=CC1C2. The van der Waals surface area contributed by atoms with E-state index < -0.39 is 11.6 Å². The van der Waals surface area contributed by atoms with Gasteiger partial charge in [0, 0.05) is 5.92 Å². The number of allylic oxidation sites excluding steroid dienone is 2. The van der Waals surface area contributed by atoms with Crippen LogP contribution in [0.2, 0.25) is 0 Å². The smallest absolute Gasteiger partial charge is 0.342 e. The van der Waals surface area contributed by atoms with Gasteiger partial charge in [0.15, 0.2) is 0 Å². The lowest BCUT2D eigenvalue weighted by Gasteiger charge is -2.21. The Hall–Kier alpha value is -0.860. The molecule has 1 N–H and O–H groups in total. The molecule has 2 nitrogen and oxygen atoms in total. The first kappa shape index (κ1) is 6.83.